The maximum atomic E-state index is 12.8. The van der Waals surface area contributed by atoms with Crippen LogP contribution in [0.2, 0.25) is 0 Å². The Kier molecular flexibility index (Phi) is 3.30. The van der Waals surface area contributed by atoms with Crippen LogP contribution < -0.4 is 11.2 Å². The molecule has 1 fully saturated rings. The van der Waals surface area contributed by atoms with E-state index < -0.39 is 23.4 Å². The van der Waals surface area contributed by atoms with Crippen molar-refractivity contribution in [3.63, 3.8) is 0 Å². The highest BCUT2D eigenvalue weighted by Gasteiger charge is 2.41. The van der Waals surface area contributed by atoms with Crippen LogP contribution >= 0.6 is 0 Å². The van der Waals surface area contributed by atoms with Gasteiger partial charge in [0.15, 0.2) is 5.82 Å². The first kappa shape index (κ1) is 14.7. The van der Waals surface area contributed by atoms with E-state index in [-0.39, 0.29) is 22.9 Å². The van der Waals surface area contributed by atoms with E-state index in [0.29, 0.717) is 5.56 Å². The molecule has 7 heteroatoms. The molecule has 1 unspecified atom stereocenters. The van der Waals surface area contributed by atoms with Gasteiger partial charge in [0.25, 0.3) is 12.0 Å². The van der Waals surface area contributed by atoms with Crippen molar-refractivity contribution in [2.24, 2.45) is 0 Å². The SMILES string of the molecule is O=c1cc([C@@H]2CC2c2ccccc2)c2c(=O)[nH]c(C(F)F)nc2o1. The summed E-state index contributed by atoms with van der Waals surface area (Å²) < 4.78 is 30.4. The highest BCUT2D eigenvalue weighted by molar-refractivity contribution is 5.77. The van der Waals surface area contributed by atoms with Crippen LogP contribution in [0.15, 0.2) is 50.4 Å². The molecule has 5 nitrogen and oxygen atoms in total. The summed E-state index contributed by atoms with van der Waals surface area (Å²) in [5, 5.41) is 0.0717. The first-order valence-electron chi connectivity index (χ1n) is 7.45. The average molecular weight is 330 g/mol. The van der Waals surface area contributed by atoms with Crippen LogP contribution in [0.3, 0.4) is 0 Å². The summed E-state index contributed by atoms with van der Waals surface area (Å²) in [4.78, 5) is 29.6. The molecule has 0 saturated heterocycles. The number of nitrogens with one attached hydrogen (secondary N) is 1. The molecule has 24 heavy (non-hydrogen) atoms. The third kappa shape index (κ3) is 2.42. The van der Waals surface area contributed by atoms with Gasteiger partial charge in [0.2, 0.25) is 5.71 Å². The summed E-state index contributed by atoms with van der Waals surface area (Å²) in [6, 6.07) is 11.0. The monoisotopic (exact) mass is 330 g/mol. The summed E-state index contributed by atoms with van der Waals surface area (Å²) in [6.07, 6.45) is -2.17. The summed E-state index contributed by atoms with van der Waals surface area (Å²) in [5.74, 6) is -0.645. The number of fused-ring (bicyclic) bond motifs is 1. The fourth-order valence-corrected chi connectivity index (χ4v) is 3.12. The zero-order chi connectivity index (χ0) is 16.8. The van der Waals surface area contributed by atoms with Crippen molar-refractivity contribution in [2.45, 2.75) is 24.7 Å². The first-order chi connectivity index (χ1) is 11.5. The van der Waals surface area contributed by atoms with Gasteiger partial charge in [-0.1, -0.05) is 30.3 Å². The number of H-pyrrole nitrogens is 1. The Morgan fingerprint density at radius 3 is 2.62 bits per heavy atom. The Bertz CT molecular complexity index is 1030. The molecular weight excluding hydrogens is 318 g/mol. The van der Waals surface area contributed by atoms with E-state index in [1.165, 1.54) is 6.07 Å². The van der Waals surface area contributed by atoms with Crippen molar-refractivity contribution in [2.75, 3.05) is 0 Å². The predicted molar refractivity (Wildman–Crippen MR) is 82.4 cm³/mol. The average Bonchev–Trinajstić information content (AvgIpc) is 3.35. The Balaban J connectivity index is 1.85. The van der Waals surface area contributed by atoms with Crippen LogP contribution in [0.5, 0.6) is 0 Å². The van der Waals surface area contributed by atoms with E-state index in [4.69, 9.17) is 4.42 Å². The Morgan fingerprint density at radius 1 is 1.17 bits per heavy atom. The van der Waals surface area contributed by atoms with Gasteiger partial charge in [-0.15, -0.1) is 0 Å². The fraction of sp³-hybridized carbons (Fsp3) is 0.235. The van der Waals surface area contributed by atoms with Gasteiger partial charge in [0.05, 0.1) is 0 Å². The summed E-state index contributed by atoms with van der Waals surface area (Å²) >= 11 is 0. The van der Waals surface area contributed by atoms with Gasteiger partial charge in [-0.05, 0) is 29.4 Å². The smallest absolute Gasteiger partial charge is 0.337 e. The number of aromatic nitrogens is 2. The molecule has 1 aliphatic carbocycles. The van der Waals surface area contributed by atoms with Gasteiger partial charge in [-0.2, -0.15) is 4.98 Å². The summed E-state index contributed by atoms with van der Waals surface area (Å²) in [7, 11) is 0. The quantitative estimate of drug-likeness (QED) is 0.801. The number of hydrogen-bond donors (Lipinski definition) is 1. The zero-order valence-corrected chi connectivity index (χ0v) is 12.3. The van der Waals surface area contributed by atoms with E-state index in [2.05, 4.69) is 9.97 Å². The number of alkyl halides is 2. The topological polar surface area (TPSA) is 76.0 Å². The second-order valence-electron chi connectivity index (χ2n) is 5.81. The van der Waals surface area contributed by atoms with Crippen molar-refractivity contribution >= 4 is 11.1 Å². The molecule has 1 aliphatic rings. The van der Waals surface area contributed by atoms with Gasteiger partial charge in [0.1, 0.15) is 5.39 Å². The molecule has 2 atom stereocenters. The lowest BCUT2D eigenvalue weighted by Crippen LogP contribution is -2.16. The molecule has 0 spiro atoms. The van der Waals surface area contributed by atoms with Crippen LogP contribution in [0, 0.1) is 0 Å². The second kappa shape index (κ2) is 5.36. The lowest BCUT2D eigenvalue weighted by atomic mass is 10.0. The number of benzene rings is 1. The van der Waals surface area contributed by atoms with Crippen molar-refractivity contribution in [1.82, 2.24) is 9.97 Å². The van der Waals surface area contributed by atoms with Crippen LogP contribution in [-0.2, 0) is 0 Å². The van der Waals surface area contributed by atoms with E-state index in [9.17, 15) is 18.4 Å². The van der Waals surface area contributed by atoms with Gasteiger partial charge < -0.3 is 9.40 Å². The molecule has 1 saturated carbocycles. The van der Waals surface area contributed by atoms with Crippen LogP contribution in [0.4, 0.5) is 8.78 Å². The molecule has 0 bridgehead atoms. The molecule has 1 N–H and O–H groups in total. The van der Waals surface area contributed by atoms with Crippen LogP contribution in [0.25, 0.3) is 11.1 Å². The maximum Gasteiger partial charge on any atom is 0.337 e. The summed E-state index contributed by atoms with van der Waals surface area (Å²) in [5.41, 5.74) is -0.139. The first-order valence-corrected chi connectivity index (χ1v) is 7.45. The van der Waals surface area contributed by atoms with Crippen molar-refractivity contribution in [3.8, 4) is 0 Å². The number of halogens is 2. The minimum Gasteiger partial charge on any atom is -0.403 e. The summed E-state index contributed by atoms with van der Waals surface area (Å²) in [6.45, 7) is 0. The van der Waals surface area contributed by atoms with Gasteiger partial charge >= 0.3 is 5.63 Å². The molecule has 4 rings (SSSR count). The highest BCUT2D eigenvalue weighted by Crippen LogP contribution is 2.55. The largest absolute Gasteiger partial charge is 0.403 e. The van der Waals surface area contributed by atoms with Crippen LogP contribution in [0.1, 0.15) is 41.6 Å². The third-order valence-electron chi connectivity index (χ3n) is 4.29. The van der Waals surface area contributed by atoms with E-state index in [1.807, 2.05) is 30.3 Å². The van der Waals surface area contributed by atoms with E-state index in [1.54, 1.807) is 0 Å². The van der Waals surface area contributed by atoms with E-state index in [0.717, 1.165) is 12.0 Å². The molecule has 0 aliphatic heterocycles. The molecule has 0 amide bonds. The van der Waals surface area contributed by atoms with Crippen molar-refractivity contribution < 1.29 is 13.2 Å². The number of aromatic amines is 1. The Labute approximate surface area is 134 Å². The Hall–Kier alpha value is -2.83. The fourth-order valence-electron chi connectivity index (χ4n) is 3.12. The normalized spacial score (nSPS) is 19.8. The third-order valence-corrected chi connectivity index (χ3v) is 4.29. The molecule has 3 aromatic rings. The molecule has 1 aromatic carbocycles. The second-order valence-corrected chi connectivity index (χ2v) is 5.81. The lowest BCUT2D eigenvalue weighted by molar-refractivity contribution is 0.140. The number of rotatable bonds is 3. The van der Waals surface area contributed by atoms with Crippen LogP contribution in [-0.4, -0.2) is 9.97 Å². The zero-order valence-electron chi connectivity index (χ0n) is 12.3. The minimum atomic E-state index is -2.95. The van der Waals surface area contributed by atoms with Gasteiger partial charge in [-0.3, -0.25) is 4.79 Å². The van der Waals surface area contributed by atoms with E-state index >= 15 is 0 Å². The minimum absolute atomic E-state index is 0.0284. The van der Waals surface area contributed by atoms with Crippen molar-refractivity contribution in [3.05, 3.63) is 74.1 Å². The van der Waals surface area contributed by atoms with Gasteiger partial charge in [-0.25, -0.2) is 13.6 Å². The maximum absolute atomic E-state index is 12.8. The standard InChI is InChI=1S/C17H12F2N2O3/c18-14(19)15-20-16(23)13-11(7-12(22)24-17(13)21-15)10-6-9(10)8-4-2-1-3-5-8/h1-5,7,9-10,14H,6H2,(H,20,21,23)/t9?,10-/m1/s1. The van der Waals surface area contributed by atoms with Gasteiger partial charge in [0, 0.05) is 6.07 Å². The molecular formula is C17H12F2N2O3. The molecule has 2 heterocycles. The highest BCUT2D eigenvalue weighted by atomic mass is 19.3. The molecule has 122 valence electrons. The Morgan fingerprint density at radius 2 is 1.92 bits per heavy atom. The predicted octanol–water partition coefficient (Wildman–Crippen LogP) is 3.09. The lowest BCUT2D eigenvalue weighted by Gasteiger charge is -2.06. The number of nitrogens with zero attached hydrogens (tertiary/aromatic N) is 1. The molecule has 0 radical (unpaired) electrons. The van der Waals surface area contributed by atoms with Crippen molar-refractivity contribution in [1.29, 1.82) is 0 Å². The number of hydrogen-bond acceptors (Lipinski definition) is 4. The molecule has 2 aromatic heterocycles.